The van der Waals surface area contributed by atoms with Crippen molar-refractivity contribution in [2.75, 3.05) is 5.32 Å². The van der Waals surface area contributed by atoms with E-state index in [0.29, 0.717) is 16.9 Å². The Balaban J connectivity index is 1.30. The Labute approximate surface area is 181 Å². The molecule has 2 N–H and O–H groups in total. The van der Waals surface area contributed by atoms with E-state index in [9.17, 15) is 9.59 Å². The lowest BCUT2D eigenvalue weighted by atomic mass is 10.1. The molecule has 0 radical (unpaired) electrons. The third-order valence-corrected chi connectivity index (χ3v) is 4.92. The number of fused-ring (bicyclic) bond motifs is 1. The predicted octanol–water partition coefficient (Wildman–Crippen LogP) is 4.70. The van der Waals surface area contributed by atoms with Crippen molar-refractivity contribution >= 4 is 44.3 Å². The van der Waals surface area contributed by atoms with Crippen LogP contribution in [0.4, 0.5) is 5.69 Å². The van der Waals surface area contributed by atoms with Crippen molar-refractivity contribution in [2.45, 2.75) is 13.0 Å². The van der Waals surface area contributed by atoms with Crippen molar-refractivity contribution in [2.24, 2.45) is 0 Å². The van der Waals surface area contributed by atoms with Gasteiger partial charge >= 0.3 is 0 Å². The normalized spacial score (nSPS) is 10.7. The van der Waals surface area contributed by atoms with Crippen LogP contribution in [-0.2, 0) is 17.8 Å². The van der Waals surface area contributed by atoms with Crippen LogP contribution in [0.5, 0.6) is 0 Å². The number of aromatic nitrogens is 1. The number of nitrogens with zero attached hydrogens (tertiary/aromatic N) is 1. The highest BCUT2D eigenvalue weighted by molar-refractivity contribution is 9.10. The van der Waals surface area contributed by atoms with E-state index in [1.54, 1.807) is 24.3 Å². The van der Waals surface area contributed by atoms with E-state index in [-0.39, 0.29) is 24.0 Å². The summed E-state index contributed by atoms with van der Waals surface area (Å²) in [6.07, 6.45) is 0.243. The summed E-state index contributed by atoms with van der Waals surface area (Å²) in [4.78, 5) is 28.9. The van der Waals surface area contributed by atoms with E-state index in [0.717, 1.165) is 22.2 Å². The fourth-order valence-electron chi connectivity index (χ4n) is 2.98. The van der Waals surface area contributed by atoms with Gasteiger partial charge in [0.25, 0.3) is 5.91 Å². The summed E-state index contributed by atoms with van der Waals surface area (Å²) in [7, 11) is 0. The number of furan rings is 1. The van der Waals surface area contributed by atoms with Crippen molar-refractivity contribution in [3.05, 3.63) is 94.5 Å². The third-order valence-electron chi connectivity index (χ3n) is 4.50. The van der Waals surface area contributed by atoms with Crippen LogP contribution in [0.25, 0.3) is 10.9 Å². The maximum atomic E-state index is 12.3. The Morgan fingerprint density at radius 3 is 2.50 bits per heavy atom. The van der Waals surface area contributed by atoms with Gasteiger partial charge in [-0.25, -0.2) is 0 Å². The van der Waals surface area contributed by atoms with Crippen LogP contribution in [0.15, 0.2) is 81.9 Å². The average Bonchev–Trinajstić information content (AvgIpc) is 3.20. The molecule has 0 saturated carbocycles. The molecule has 4 aromatic rings. The van der Waals surface area contributed by atoms with E-state index in [2.05, 4.69) is 31.5 Å². The molecule has 4 rings (SSSR count). The molecule has 2 aromatic carbocycles. The summed E-state index contributed by atoms with van der Waals surface area (Å²) < 4.78 is 5.72. The van der Waals surface area contributed by atoms with Gasteiger partial charge < -0.3 is 15.1 Å². The van der Waals surface area contributed by atoms with Gasteiger partial charge in [-0.3, -0.25) is 14.6 Å². The monoisotopic (exact) mass is 463 g/mol. The van der Waals surface area contributed by atoms with E-state index in [1.165, 1.54) is 0 Å². The largest absolute Gasteiger partial charge is 0.444 e. The van der Waals surface area contributed by atoms with Gasteiger partial charge in [-0.15, -0.1) is 0 Å². The van der Waals surface area contributed by atoms with E-state index in [4.69, 9.17) is 4.42 Å². The van der Waals surface area contributed by atoms with Gasteiger partial charge in [0.15, 0.2) is 10.4 Å². The summed E-state index contributed by atoms with van der Waals surface area (Å²) in [6.45, 7) is 0.372. The molecular weight excluding hydrogens is 446 g/mol. The molecule has 2 heterocycles. The fraction of sp³-hybridized carbons (Fsp3) is 0.0870. The zero-order valence-corrected chi connectivity index (χ0v) is 17.5. The summed E-state index contributed by atoms with van der Waals surface area (Å²) in [5.41, 5.74) is 3.18. The van der Waals surface area contributed by atoms with E-state index >= 15 is 0 Å². The van der Waals surface area contributed by atoms with Crippen LogP contribution in [0.2, 0.25) is 0 Å². The average molecular weight is 464 g/mol. The number of halogens is 1. The van der Waals surface area contributed by atoms with Crippen LogP contribution in [0, 0.1) is 0 Å². The molecule has 7 heteroatoms. The highest BCUT2D eigenvalue weighted by Gasteiger charge is 2.11. The van der Waals surface area contributed by atoms with Gasteiger partial charge in [0.2, 0.25) is 5.91 Å². The third kappa shape index (κ3) is 4.93. The number of pyridine rings is 1. The minimum Gasteiger partial charge on any atom is -0.444 e. The molecule has 0 unspecified atom stereocenters. The molecule has 0 aliphatic heterocycles. The highest BCUT2D eigenvalue weighted by Crippen LogP contribution is 2.17. The van der Waals surface area contributed by atoms with Gasteiger partial charge in [0.05, 0.1) is 24.2 Å². The van der Waals surface area contributed by atoms with E-state index < -0.39 is 0 Å². The topological polar surface area (TPSA) is 84.2 Å². The Morgan fingerprint density at radius 1 is 0.933 bits per heavy atom. The lowest BCUT2D eigenvalue weighted by Gasteiger charge is -2.07. The Hall–Kier alpha value is -3.45. The fourth-order valence-corrected chi connectivity index (χ4v) is 3.29. The summed E-state index contributed by atoms with van der Waals surface area (Å²) >= 11 is 3.17. The number of carbonyl (C=O) groups is 2. The molecule has 30 heavy (non-hydrogen) atoms. The molecule has 0 fully saturated rings. The summed E-state index contributed by atoms with van der Waals surface area (Å²) in [5.74, 6) is -0.219. The minimum atomic E-state index is -0.339. The van der Waals surface area contributed by atoms with Gasteiger partial charge in [-0.2, -0.15) is 0 Å². The number of carbonyl (C=O) groups excluding carboxylic acids is 2. The number of rotatable bonds is 6. The molecule has 0 bridgehead atoms. The number of amides is 2. The van der Waals surface area contributed by atoms with E-state index in [1.807, 2.05) is 48.5 Å². The summed E-state index contributed by atoms with van der Waals surface area (Å²) in [6, 6.07) is 22.1. The maximum absolute atomic E-state index is 12.3. The second kappa shape index (κ2) is 8.92. The molecule has 6 nitrogen and oxygen atoms in total. The molecule has 0 aliphatic carbocycles. The smallest absolute Gasteiger partial charge is 0.291 e. The SMILES string of the molecule is O=C(Cc1ccc(NC(=O)c2ccc(Br)o2)cc1)NCc1ccc2ccccc2n1. The van der Waals surface area contributed by atoms with Crippen molar-refractivity contribution in [1.82, 2.24) is 10.3 Å². The molecule has 2 amide bonds. The first kappa shape index (κ1) is 19.8. The molecular formula is C23H18BrN3O3. The standard InChI is InChI=1S/C23H18BrN3O3/c24-21-12-11-20(30-21)23(29)27-17-8-5-15(6-9-17)13-22(28)25-14-18-10-7-16-3-1-2-4-19(16)26-18/h1-12H,13-14H2,(H,25,28)(H,27,29). The maximum Gasteiger partial charge on any atom is 0.291 e. The number of para-hydroxylation sites is 1. The number of nitrogens with one attached hydrogen (secondary N) is 2. The molecule has 0 atom stereocenters. The van der Waals surface area contributed by atoms with Crippen LogP contribution in [-0.4, -0.2) is 16.8 Å². The zero-order valence-electron chi connectivity index (χ0n) is 15.9. The Morgan fingerprint density at radius 2 is 1.73 bits per heavy atom. The quantitative estimate of drug-likeness (QED) is 0.433. The second-order valence-corrected chi connectivity index (χ2v) is 7.49. The minimum absolute atomic E-state index is 0.0952. The van der Waals surface area contributed by atoms with Gasteiger partial charge in [-0.05, 0) is 57.9 Å². The first-order valence-electron chi connectivity index (χ1n) is 9.34. The second-order valence-electron chi connectivity index (χ2n) is 6.70. The summed E-state index contributed by atoms with van der Waals surface area (Å²) in [5, 5.41) is 6.71. The van der Waals surface area contributed by atoms with Crippen LogP contribution in [0.3, 0.4) is 0 Å². The van der Waals surface area contributed by atoms with Crippen LogP contribution >= 0.6 is 15.9 Å². The van der Waals surface area contributed by atoms with Crippen LogP contribution < -0.4 is 10.6 Å². The van der Waals surface area contributed by atoms with Gasteiger partial charge in [-0.1, -0.05) is 36.4 Å². The first-order chi connectivity index (χ1) is 14.6. The highest BCUT2D eigenvalue weighted by atomic mass is 79.9. The van der Waals surface area contributed by atoms with Crippen LogP contribution in [0.1, 0.15) is 21.8 Å². The predicted molar refractivity (Wildman–Crippen MR) is 118 cm³/mol. The molecule has 0 saturated heterocycles. The molecule has 0 aliphatic rings. The zero-order chi connectivity index (χ0) is 20.9. The molecule has 0 spiro atoms. The number of benzene rings is 2. The lowest BCUT2D eigenvalue weighted by Crippen LogP contribution is -2.25. The Bertz CT molecular complexity index is 1200. The molecule has 2 aromatic heterocycles. The van der Waals surface area contributed by atoms with Crippen molar-refractivity contribution in [1.29, 1.82) is 0 Å². The van der Waals surface area contributed by atoms with Gasteiger partial charge in [0, 0.05) is 11.1 Å². The molecule has 150 valence electrons. The number of hydrogen-bond acceptors (Lipinski definition) is 4. The first-order valence-corrected chi connectivity index (χ1v) is 10.1. The lowest BCUT2D eigenvalue weighted by molar-refractivity contribution is -0.120. The van der Waals surface area contributed by atoms with Crippen molar-refractivity contribution in [3.8, 4) is 0 Å². The number of anilines is 1. The van der Waals surface area contributed by atoms with Crippen molar-refractivity contribution < 1.29 is 14.0 Å². The van der Waals surface area contributed by atoms with Crippen molar-refractivity contribution in [3.63, 3.8) is 0 Å². The number of hydrogen-bond donors (Lipinski definition) is 2. The van der Waals surface area contributed by atoms with Gasteiger partial charge in [0.1, 0.15) is 0 Å². The Kier molecular flexibility index (Phi) is 5.90.